The molecule has 1 aromatic heterocycles. The second-order valence-electron chi connectivity index (χ2n) is 4.45. The number of aliphatic hydroxyl groups is 1. The van der Waals surface area contributed by atoms with Crippen molar-refractivity contribution in [2.45, 2.75) is 12.5 Å². The van der Waals surface area contributed by atoms with Crippen LogP contribution < -0.4 is 9.47 Å². The minimum atomic E-state index is -0.562. The maximum Gasteiger partial charge on any atom is 0.175 e. The van der Waals surface area contributed by atoms with Gasteiger partial charge in [-0.3, -0.25) is 0 Å². The van der Waals surface area contributed by atoms with Gasteiger partial charge in [0.25, 0.3) is 0 Å². The molecule has 2 aromatic rings. The molecule has 1 N–H and O–H groups in total. The van der Waals surface area contributed by atoms with E-state index in [4.69, 9.17) is 9.47 Å². The molecular weight excluding hydrogens is 408 g/mol. The van der Waals surface area contributed by atoms with E-state index in [1.54, 1.807) is 11.3 Å². The van der Waals surface area contributed by atoms with Crippen LogP contribution in [0.15, 0.2) is 32.5 Å². The zero-order valence-corrected chi connectivity index (χ0v) is 14.4. The van der Waals surface area contributed by atoms with Gasteiger partial charge in [0.1, 0.15) is 13.2 Å². The molecular formula is C14H12Br2O3S. The van der Waals surface area contributed by atoms with Gasteiger partial charge in [0.15, 0.2) is 11.5 Å². The van der Waals surface area contributed by atoms with Crippen LogP contribution >= 0.6 is 43.2 Å². The summed E-state index contributed by atoms with van der Waals surface area (Å²) in [5.74, 6) is 1.40. The highest BCUT2D eigenvalue weighted by molar-refractivity contribution is 9.11. The van der Waals surface area contributed by atoms with Crippen molar-refractivity contribution < 1.29 is 14.6 Å². The summed E-state index contributed by atoms with van der Waals surface area (Å²) in [6, 6.07) is 7.75. The third-order valence-corrected chi connectivity index (χ3v) is 5.26. The Labute approximate surface area is 137 Å². The lowest BCUT2D eigenvalue weighted by atomic mass is 10.0. The van der Waals surface area contributed by atoms with Crippen molar-refractivity contribution in [3.05, 3.63) is 43.0 Å². The van der Waals surface area contributed by atoms with E-state index >= 15 is 0 Å². The van der Waals surface area contributed by atoms with Crippen LogP contribution in [0.4, 0.5) is 0 Å². The van der Waals surface area contributed by atoms with E-state index in [9.17, 15) is 5.11 Å². The SMILES string of the molecule is OC(Cc1ccc(Br)s1)c1cc(Br)c2c(c1)OCCO2. The molecule has 0 fully saturated rings. The summed E-state index contributed by atoms with van der Waals surface area (Å²) in [4.78, 5) is 1.13. The average Bonchev–Trinajstić information content (AvgIpc) is 2.84. The number of benzene rings is 1. The molecule has 1 aromatic carbocycles. The molecule has 0 spiro atoms. The van der Waals surface area contributed by atoms with Crippen LogP contribution in [0.5, 0.6) is 11.5 Å². The van der Waals surface area contributed by atoms with E-state index in [2.05, 4.69) is 31.9 Å². The molecule has 6 heteroatoms. The van der Waals surface area contributed by atoms with Gasteiger partial charge in [0, 0.05) is 11.3 Å². The number of thiophene rings is 1. The van der Waals surface area contributed by atoms with Crippen LogP contribution in [-0.4, -0.2) is 18.3 Å². The molecule has 1 aliphatic rings. The Hall–Kier alpha value is -0.560. The minimum absolute atomic E-state index is 0.539. The molecule has 1 aliphatic heterocycles. The third-order valence-electron chi connectivity index (χ3n) is 3.03. The Balaban J connectivity index is 1.84. The van der Waals surface area contributed by atoms with Crippen molar-refractivity contribution in [2.75, 3.05) is 13.2 Å². The Morgan fingerprint density at radius 1 is 1.20 bits per heavy atom. The summed E-state index contributed by atoms with van der Waals surface area (Å²) in [5.41, 5.74) is 0.825. The van der Waals surface area contributed by atoms with Crippen molar-refractivity contribution in [2.24, 2.45) is 0 Å². The van der Waals surface area contributed by atoms with Gasteiger partial charge in [0.2, 0.25) is 0 Å². The largest absolute Gasteiger partial charge is 0.486 e. The Kier molecular flexibility index (Phi) is 4.35. The fourth-order valence-electron chi connectivity index (χ4n) is 2.09. The first kappa shape index (κ1) is 14.4. The molecule has 0 amide bonds. The monoisotopic (exact) mass is 418 g/mol. The predicted octanol–water partition coefficient (Wildman–Crippen LogP) is 4.32. The first-order valence-corrected chi connectivity index (χ1v) is 8.55. The number of hydrogen-bond acceptors (Lipinski definition) is 4. The quantitative estimate of drug-likeness (QED) is 0.804. The molecule has 0 aliphatic carbocycles. The van der Waals surface area contributed by atoms with Gasteiger partial charge in [-0.1, -0.05) is 0 Å². The van der Waals surface area contributed by atoms with Gasteiger partial charge in [0.05, 0.1) is 14.4 Å². The maximum absolute atomic E-state index is 10.4. The maximum atomic E-state index is 10.4. The smallest absolute Gasteiger partial charge is 0.175 e. The lowest BCUT2D eigenvalue weighted by Gasteiger charge is -2.21. The van der Waals surface area contributed by atoms with E-state index in [0.29, 0.717) is 31.1 Å². The summed E-state index contributed by atoms with van der Waals surface area (Å²) in [5, 5.41) is 10.4. The highest BCUT2D eigenvalue weighted by Gasteiger charge is 2.19. The summed E-state index contributed by atoms with van der Waals surface area (Å²) in [6.45, 7) is 1.09. The van der Waals surface area contributed by atoms with Crippen LogP contribution in [0.25, 0.3) is 0 Å². The fraction of sp³-hybridized carbons (Fsp3) is 0.286. The standard InChI is InChI=1S/C14H12Br2O3S/c15-10-5-8(6-12-14(10)19-4-3-18-12)11(17)7-9-1-2-13(16)20-9/h1-2,5-6,11,17H,3-4,7H2. The van der Waals surface area contributed by atoms with Gasteiger partial charge < -0.3 is 14.6 Å². The first-order valence-electron chi connectivity index (χ1n) is 6.15. The van der Waals surface area contributed by atoms with Crippen LogP contribution in [-0.2, 0) is 6.42 Å². The third kappa shape index (κ3) is 3.03. The van der Waals surface area contributed by atoms with E-state index in [1.165, 1.54) is 0 Å². The Morgan fingerprint density at radius 3 is 2.75 bits per heavy atom. The van der Waals surface area contributed by atoms with Crippen molar-refractivity contribution in [3.63, 3.8) is 0 Å². The van der Waals surface area contributed by atoms with Crippen LogP contribution in [0.1, 0.15) is 16.5 Å². The van der Waals surface area contributed by atoms with Gasteiger partial charge >= 0.3 is 0 Å². The molecule has 3 nitrogen and oxygen atoms in total. The number of aliphatic hydroxyl groups excluding tert-OH is 1. The van der Waals surface area contributed by atoms with Crippen LogP contribution in [0.2, 0.25) is 0 Å². The molecule has 0 bridgehead atoms. The van der Waals surface area contributed by atoms with E-state index in [1.807, 2.05) is 24.3 Å². The molecule has 20 heavy (non-hydrogen) atoms. The molecule has 3 rings (SSSR count). The lowest BCUT2D eigenvalue weighted by Crippen LogP contribution is -2.16. The summed E-state index contributed by atoms with van der Waals surface area (Å²) < 4.78 is 13.0. The highest BCUT2D eigenvalue weighted by Crippen LogP contribution is 2.40. The number of halogens is 2. The Morgan fingerprint density at radius 2 is 2.00 bits per heavy atom. The molecule has 1 unspecified atom stereocenters. The second kappa shape index (κ2) is 6.05. The van der Waals surface area contributed by atoms with Gasteiger partial charge in [-0.15, -0.1) is 11.3 Å². The zero-order valence-electron chi connectivity index (χ0n) is 10.4. The molecule has 2 heterocycles. The van der Waals surface area contributed by atoms with Crippen molar-refractivity contribution in [1.82, 2.24) is 0 Å². The molecule has 0 saturated carbocycles. The normalized spacial score (nSPS) is 15.2. The number of ether oxygens (including phenoxy) is 2. The summed E-state index contributed by atoms with van der Waals surface area (Å²) in [6.07, 6.45) is 0.0233. The number of rotatable bonds is 3. The minimum Gasteiger partial charge on any atom is -0.486 e. The van der Waals surface area contributed by atoms with Crippen molar-refractivity contribution >= 4 is 43.2 Å². The zero-order chi connectivity index (χ0) is 14.1. The Bertz CT molecular complexity index is 627. The lowest BCUT2D eigenvalue weighted by molar-refractivity contribution is 0.163. The van der Waals surface area contributed by atoms with Crippen molar-refractivity contribution in [3.8, 4) is 11.5 Å². The topological polar surface area (TPSA) is 38.7 Å². The number of fused-ring (bicyclic) bond motifs is 1. The summed E-state index contributed by atoms with van der Waals surface area (Å²) in [7, 11) is 0. The molecule has 0 radical (unpaired) electrons. The van der Waals surface area contributed by atoms with Crippen LogP contribution in [0, 0.1) is 0 Å². The average molecular weight is 420 g/mol. The second-order valence-corrected chi connectivity index (χ2v) is 7.85. The van der Waals surface area contributed by atoms with Gasteiger partial charge in [-0.05, 0) is 61.7 Å². The van der Waals surface area contributed by atoms with E-state index in [0.717, 1.165) is 18.7 Å². The number of hydrogen-bond donors (Lipinski definition) is 1. The van der Waals surface area contributed by atoms with Crippen molar-refractivity contribution in [1.29, 1.82) is 0 Å². The van der Waals surface area contributed by atoms with Crippen LogP contribution in [0.3, 0.4) is 0 Å². The molecule has 106 valence electrons. The van der Waals surface area contributed by atoms with E-state index in [-0.39, 0.29) is 0 Å². The summed E-state index contributed by atoms with van der Waals surface area (Å²) >= 11 is 8.53. The first-order chi connectivity index (χ1) is 9.63. The van der Waals surface area contributed by atoms with Gasteiger partial charge in [-0.2, -0.15) is 0 Å². The predicted molar refractivity (Wildman–Crippen MR) is 85.8 cm³/mol. The van der Waals surface area contributed by atoms with Gasteiger partial charge in [-0.25, -0.2) is 0 Å². The fourth-order valence-corrected chi connectivity index (χ4v) is 4.19. The molecule has 1 atom stereocenters. The molecule has 0 saturated heterocycles. The highest BCUT2D eigenvalue weighted by atomic mass is 79.9. The van der Waals surface area contributed by atoms with E-state index < -0.39 is 6.10 Å².